The van der Waals surface area contributed by atoms with Crippen LogP contribution in [-0.4, -0.2) is 4.98 Å². The quantitative estimate of drug-likeness (QED) is 0.863. The van der Waals surface area contributed by atoms with Gasteiger partial charge in [-0.05, 0) is 23.8 Å². The Hall–Kier alpha value is -0.780. The zero-order valence-corrected chi connectivity index (χ0v) is 14.2. The van der Waals surface area contributed by atoms with E-state index in [1.165, 1.54) is 10.9 Å². The Morgan fingerprint density at radius 3 is 2.70 bits per heavy atom. The second-order valence-corrected chi connectivity index (χ2v) is 7.69. The molecule has 1 aromatic carbocycles. The van der Waals surface area contributed by atoms with Gasteiger partial charge in [0.2, 0.25) is 0 Å². The van der Waals surface area contributed by atoms with Crippen molar-refractivity contribution < 1.29 is 4.39 Å². The highest BCUT2D eigenvalue weighted by molar-refractivity contribution is 9.10. The molecule has 0 aliphatic heterocycles. The molecule has 0 unspecified atom stereocenters. The molecule has 1 aromatic heterocycles. The third-order valence-electron chi connectivity index (χ3n) is 2.82. The molecule has 1 N–H and O–H groups in total. The maximum atomic E-state index is 13.2. The summed E-state index contributed by atoms with van der Waals surface area (Å²) in [6.07, 6.45) is 1.92. The van der Waals surface area contributed by atoms with Gasteiger partial charge in [0.05, 0.1) is 5.01 Å². The van der Waals surface area contributed by atoms with Crippen molar-refractivity contribution in [1.82, 2.24) is 10.3 Å². The van der Waals surface area contributed by atoms with Crippen molar-refractivity contribution in [3.05, 3.63) is 50.1 Å². The SMILES string of the molecule is CC(C)(C)c1ncc(CNCc2cc(F)ccc2Br)s1. The van der Waals surface area contributed by atoms with Crippen LogP contribution in [0.3, 0.4) is 0 Å². The first-order valence-corrected chi connectivity index (χ1v) is 8.07. The molecule has 0 spiro atoms. The first-order valence-electron chi connectivity index (χ1n) is 6.46. The van der Waals surface area contributed by atoms with Gasteiger partial charge in [-0.15, -0.1) is 11.3 Å². The molecule has 0 saturated carbocycles. The highest BCUT2D eigenvalue weighted by Gasteiger charge is 2.17. The fraction of sp³-hybridized carbons (Fsp3) is 0.400. The number of thiazole rings is 1. The van der Waals surface area contributed by atoms with Crippen LogP contribution in [0, 0.1) is 5.82 Å². The lowest BCUT2D eigenvalue weighted by molar-refractivity contribution is 0.585. The van der Waals surface area contributed by atoms with E-state index in [0.717, 1.165) is 21.6 Å². The van der Waals surface area contributed by atoms with E-state index in [0.29, 0.717) is 6.54 Å². The Bertz CT molecular complexity index is 590. The van der Waals surface area contributed by atoms with E-state index in [4.69, 9.17) is 0 Å². The third-order valence-corrected chi connectivity index (χ3v) is 5.01. The van der Waals surface area contributed by atoms with E-state index in [-0.39, 0.29) is 11.2 Å². The minimum atomic E-state index is -0.210. The third kappa shape index (κ3) is 4.11. The molecule has 0 atom stereocenters. The number of hydrogen-bond donors (Lipinski definition) is 1. The molecular weight excluding hydrogens is 339 g/mol. The molecule has 0 fully saturated rings. The Balaban J connectivity index is 1.93. The maximum Gasteiger partial charge on any atom is 0.123 e. The van der Waals surface area contributed by atoms with Crippen molar-refractivity contribution in [3.8, 4) is 0 Å². The fourth-order valence-corrected chi connectivity index (χ4v) is 3.06. The van der Waals surface area contributed by atoms with Gasteiger partial charge in [0.15, 0.2) is 0 Å². The number of rotatable bonds is 4. The Morgan fingerprint density at radius 2 is 2.05 bits per heavy atom. The molecule has 20 heavy (non-hydrogen) atoms. The number of nitrogens with one attached hydrogen (secondary N) is 1. The summed E-state index contributed by atoms with van der Waals surface area (Å²) in [6, 6.07) is 4.73. The van der Waals surface area contributed by atoms with Gasteiger partial charge in [-0.2, -0.15) is 0 Å². The zero-order valence-electron chi connectivity index (χ0n) is 11.8. The van der Waals surface area contributed by atoms with E-state index >= 15 is 0 Å². The summed E-state index contributed by atoms with van der Waals surface area (Å²) in [5.41, 5.74) is 1.01. The van der Waals surface area contributed by atoms with Crippen LogP contribution in [0.4, 0.5) is 4.39 Å². The van der Waals surface area contributed by atoms with Crippen LogP contribution in [0.5, 0.6) is 0 Å². The van der Waals surface area contributed by atoms with E-state index in [2.05, 4.69) is 47.0 Å². The molecule has 0 amide bonds. The van der Waals surface area contributed by atoms with Crippen molar-refractivity contribution in [2.45, 2.75) is 39.3 Å². The Morgan fingerprint density at radius 1 is 1.30 bits per heavy atom. The van der Waals surface area contributed by atoms with E-state index in [9.17, 15) is 4.39 Å². The molecule has 5 heteroatoms. The lowest BCUT2D eigenvalue weighted by Gasteiger charge is -2.13. The molecule has 108 valence electrons. The predicted molar refractivity (Wildman–Crippen MR) is 85.5 cm³/mol. The molecule has 1 heterocycles. The first-order chi connectivity index (χ1) is 9.36. The Labute approximate surface area is 131 Å². The highest BCUT2D eigenvalue weighted by Crippen LogP contribution is 2.26. The van der Waals surface area contributed by atoms with Gasteiger partial charge in [0.1, 0.15) is 5.82 Å². The van der Waals surface area contributed by atoms with Crippen molar-refractivity contribution >= 4 is 27.3 Å². The molecule has 2 nitrogen and oxygen atoms in total. The van der Waals surface area contributed by atoms with Crippen LogP contribution >= 0.6 is 27.3 Å². The number of halogens is 2. The summed E-state index contributed by atoms with van der Waals surface area (Å²) in [5, 5.41) is 4.46. The predicted octanol–water partition coefficient (Wildman–Crippen LogP) is 4.63. The number of hydrogen-bond acceptors (Lipinski definition) is 3. The number of aromatic nitrogens is 1. The molecule has 0 aliphatic rings. The fourth-order valence-electron chi connectivity index (χ4n) is 1.74. The van der Waals surface area contributed by atoms with E-state index in [1.807, 2.05) is 6.20 Å². The van der Waals surface area contributed by atoms with Gasteiger partial charge >= 0.3 is 0 Å². The van der Waals surface area contributed by atoms with Crippen LogP contribution < -0.4 is 5.32 Å². The molecule has 0 bridgehead atoms. The Kier molecular flexibility index (Phi) is 4.94. The van der Waals surface area contributed by atoms with Crippen molar-refractivity contribution in [2.75, 3.05) is 0 Å². The van der Waals surface area contributed by atoms with Crippen LogP contribution in [0.1, 0.15) is 36.2 Å². The highest BCUT2D eigenvalue weighted by atomic mass is 79.9. The lowest BCUT2D eigenvalue weighted by atomic mass is 9.98. The smallest absolute Gasteiger partial charge is 0.123 e. The van der Waals surface area contributed by atoms with Crippen LogP contribution in [0.15, 0.2) is 28.9 Å². The van der Waals surface area contributed by atoms with E-state index < -0.39 is 0 Å². The molecule has 2 aromatic rings. The first kappa shape index (κ1) is 15.6. The van der Waals surface area contributed by atoms with Gasteiger partial charge in [0, 0.05) is 34.1 Å². The average molecular weight is 357 g/mol. The monoisotopic (exact) mass is 356 g/mol. The largest absolute Gasteiger partial charge is 0.308 e. The minimum Gasteiger partial charge on any atom is -0.308 e. The molecular formula is C15H18BrFN2S. The molecule has 0 radical (unpaired) electrons. The molecule has 0 saturated heterocycles. The van der Waals surface area contributed by atoms with Crippen molar-refractivity contribution in [2.24, 2.45) is 0 Å². The summed E-state index contributed by atoms with van der Waals surface area (Å²) in [5.74, 6) is -0.210. The number of benzene rings is 1. The van der Waals surface area contributed by atoms with Crippen molar-refractivity contribution in [1.29, 1.82) is 0 Å². The van der Waals surface area contributed by atoms with Crippen LogP contribution in [0.2, 0.25) is 0 Å². The van der Waals surface area contributed by atoms with Crippen LogP contribution in [0.25, 0.3) is 0 Å². The topological polar surface area (TPSA) is 24.9 Å². The van der Waals surface area contributed by atoms with Gasteiger partial charge < -0.3 is 5.32 Å². The summed E-state index contributed by atoms with van der Waals surface area (Å²) in [6.45, 7) is 7.85. The molecule has 2 rings (SSSR count). The normalized spacial score (nSPS) is 11.8. The van der Waals surface area contributed by atoms with Gasteiger partial charge in [-0.25, -0.2) is 9.37 Å². The number of nitrogens with zero attached hydrogens (tertiary/aromatic N) is 1. The van der Waals surface area contributed by atoms with Gasteiger partial charge in [-0.1, -0.05) is 36.7 Å². The summed E-state index contributed by atoms with van der Waals surface area (Å²) in [4.78, 5) is 5.65. The van der Waals surface area contributed by atoms with Crippen molar-refractivity contribution in [3.63, 3.8) is 0 Å². The summed E-state index contributed by atoms with van der Waals surface area (Å²) < 4.78 is 14.1. The van der Waals surface area contributed by atoms with Crippen LogP contribution in [-0.2, 0) is 18.5 Å². The van der Waals surface area contributed by atoms with Gasteiger partial charge in [0.25, 0.3) is 0 Å². The zero-order chi connectivity index (χ0) is 14.8. The summed E-state index contributed by atoms with van der Waals surface area (Å²) >= 11 is 5.15. The minimum absolute atomic E-state index is 0.0918. The summed E-state index contributed by atoms with van der Waals surface area (Å²) in [7, 11) is 0. The average Bonchev–Trinajstić information content (AvgIpc) is 2.82. The van der Waals surface area contributed by atoms with E-state index in [1.54, 1.807) is 23.5 Å². The second kappa shape index (κ2) is 6.33. The molecule has 0 aliphatic carbocycles. The maximum absolute atomic E-state index is 13.2. The standard InChI is InChI=1S/C15H18BrFN2S/c1-15(2,3)14-19-9-12(20-14)8-18-7-10-6-11(17)4-5-13(10)16/h4-6,9,18H,7-8H2,1-3H3. The lowest BCUT2D eigenvalue weighted by Crippen LogP contribution is -2.12. The van der Waals surface area contributed by atoms with Gasteiger partial charge in [-0.3, -0.25) is 0 Å². The second-order valence-electron chi connectivity index (χ2n) is 5.72.